The van der Waals surface area contributed by atoms with Gasteiger partial charge in [0.15, 0.2) is 0 Å². The van der Waals surface area contributed by atoms with Crippen molar-refractivity contribution in [2.75, 3.05) is 37.3 Å². The molecule has 0 aliphatic carbocycles. The largest absolute Gasteiger partial charge is 0.324 e. The van der Waals surface area contributed by atoms with Crippen molar-refractivity contribution in [3.63, 3.8) is 0 Å². The molecule has 9 heteroatoms. The molecule has 1 aliphatic rings. The lowest BCUT2D eigenvalue weighted by atomic mass is 10.2. The molecule has 1 saturated heterocycles. The first-order valence-electron chi connectivity index (χ1n) is 6.73. The fourth-order valence-corrected chi connectivity index (χ4v) is 3.32. The van der Waals surface area contributed by atoms with Crippen LogP contribution in [0.25, 0.3) is 11.4 Å². The fourth-order valence-electron chi connectivity index (χ4n) is 2.30. The summed E-state index contributed by atoms with van der Waals surface area (Å²) in [5.41, 5.74) is 0.775. The minimum atomic E-state index is -3.15. The van der Waals surface area contributed by atoms with Crippen molar-refractivity contribution in [1.82, 2.24) is 14.4 Å². The molecule has 0 unspecified atom stereocenters. The van der Waals surface area contributed by atoms with Crippen molar-refractivity contribution in [1.29, 1.82) is 0 Å². The van der Waals surface area contributed by atoms with Crippen LogP contribution in [-0.2, 0) is 10.0 Å². The van der Waals surface area contributed by atoms with Gasteiger partial charge in [0.05, 0.1) is 6.26 Å². The summed E-state index contributed by atoms with van der Waals surface area (Å²) in [6.45, 7) is 1.86. The Labute approximate surface area is 133 Å². The minimum absolute atomic E-state index is 0.392. The molecule has 0 spiro atoms. The lowest BCUT2D eigenvalue weighted by Crippen LogP contribution is -2.48. The van der Waals surface area contributed by atoms with Crippen LogP contribution in [0.15, 0.2) is 28.8 Å². The monoisotopic (exact) mass is 342 g/mol. The Kier molecular flexibility index (Phi) is 4.07. The Morgan fingerprint density at radius 2 is 1.95 bits per heavy atom. The van der Waals surface area contributed by atoms with E-state index in [0.29, 0.717) is 43.0 Å². The van der Waals surface area contributed by atoms with E-state index in [1.807, 2.05) is 17.0 Å². The van der Waals surface area contributed by atoms with Gasteiger partial charge in [-0.2, -0.15) is 9.29 Å². The maximum absolute atomic E-state index is 11.5. The third kappa shape index (κ3) is 3.23. The highest BCUT2D eigenvalue weighted by atomic mass is 35.5. The number of hydrogen-bond donors (Lipinski definition) is 0. The Morgan fingerprint density at radius 1 is 1.23 bits per heavy atom. The summed E-state index contributed by atoms with van der Waals surface area (Å²) in [4.78, 5) is 6.23. The number of halogens is 1. The van der Waals surface area contributed by atoms with Gasteiger partial charge in [0.25, 0.3) is 0 Å². The van der Waals surface area contributed by atoms with E-state index >= 15 is 0 Å². The first-order valence-corrected chi connectivity index (χ1v) is 8.96. The molecule has 0 radical (unpaired) electrons. The molecule has 1 aliphatic heterocycles. The summed E-state index contributed by atoms with van der Waals surface area (Å²) >= 11 is 5.95. The standard InChI is InChI=1S/C13H15ClN4O3S/c1-22(19,20)18-7-5-17(6-8-18)13-15-12(16-21-13)10-3-2-4-11(14)9-10/h2-4,9H,5-8H2,1H3. The lowest BCUT2D eigenvalue weighted by molar-refractivity contribution is 0.356. The van der Waals surface area contributed by atoms with Gasteiger partial charge < -0.3 is 9.42 Å². The number of sulfonamides is 1. The summed E-state index contributed by atoms with van der Waals surface area (Å²) in [6.07, 6.45) is 1.21. The average molecular weight is 343 g/mol. The van der Waals surface area contributed by atoms with Crippen LogP contribution in [-0.4, -0.2) is 55.3 Å². The lowest BCUT2D eigenvalue weighted by Gasteiger charge is -2.31. The number of hydrogen-bond acceptors (Lipinski definition) is 6. The molecule has 7 nitrogen and oxygen atoms in total. The van der Waals surface area contributed by atoms with Crippen LogP contribution in [0.1, 0.15) is 0 Å². The molecule has 0 atom stereocenters. The van der Waals surface area contributed by atoms with E-state index in [9.17, 15) is 8.42 Å². The molecule has 0 N–H and O–H groups in total. The quantitative estimate of drug-likeness (QED) is 0.840. The van der Waals surface area contributed by atoms with Gasteiger partial charge in [0.2, 0.25) is 15.8 Å². The van der Waals surface area contributed by atoms with Gasteiger partial charge in [0, 0.05) is 36.8 Å². The highest BCUT2D eigenvalue weighted by Gasteiger charge is 2.26. The number of nitrogens with zero attached hydrogens (tertiary/aromatic N) is 4. The Balaban J connectivity index is 1.73. The molecule has 1 aromatic carbocycles. The summed E-state index contributed by atoms with van der Waals surface area (Å²) in [6, 6.07) is 7.60. The Morgan fingerprint density at radius 3 is 2.59 bits per heavy atom. The summed E-state index contributed by atoms with van der Waals surface area (Å²) in [7, 11) is -3.15. The molecular weight excluding hydrogens is 328 g/mol. The van der Waals surface area contributed by atoms with E-state index in [-0.39, 0.29) is 0 Å². The van der Waals surface area contributed by atoms with E-state index in [2.05, 4.69) is 10.1 Å². The SMILES string of the molecule is CS(=O)(=O)N1CCN(c2nc(-c3cccc(Cl)c3)no2)CC1. The van der Waals surface area contributed by atoms with Gasteiger partial charge in [-0.15, -0.1) is 0 Å². The zero-order valence-corrected chi connectivity index (χ0v) is 13.5. The first-order chi connectivity index (χ1) is 10.4. The smallest absolute Gasteiger partial charge is 0.322 e. The molecule has 2 aromatic rings. The number of benzene rings is 1. The molecule has 1 fully saturated rings. The number of anilines is 1. The number of piperazine rings is 1. The fraction of sp³-hybridized carbons (Fsp3) is 0.385. The van der Waals surface area contributed by atoms with E-state index < -0.39 is 10.0 Å². The maximum Gasteiger partial charge on any atom is 0.324 e. The Hall–Kier alpha value is -1.64. The van der Waals surface area contributed by atoms with Crippen molar-refractivity contribution in [3.8, 4) is 11.4 Å². The molecule has 118 valence electrons. The average Bonchev–Trinajstić information content (AvgIpc) is 2.96. The molecule has 0 bridgehead atoms. The molecule has 22 heavy (non-hydrogen) atoms. The van der Waals surface area contributed by atoms with E-state index in [1.54, 1.807) is 12.1 Å². The van der Waals surface area contributed by atoms with Crippen LogP contribution in [0.5, 0.6) is 0 Å². The minimum Gasteiger partial charge on any atom is -0.322 e. The van der Waals surface area contributed by atoms with Crippen molar-refractivity contribution < 1.29 is 12.9 Å². The van der Waals surface area contributed by atoms with Gasteiger partial charge in [-0.25, -0.2) is 8.42 Å². The van der Waals surface area contributed by atoms with E-state index in [1.165, 1.54) is 10.6 Å². The van der Waals surface area contributed by atoms with Crippen molar-refractivity contribution >= 4 is 27.6 Å². The van der Waals surface area contributed by atoms with Crippen LogP contribution in [0.4, 0.5) is 6.01 Å². The van der Waals surface area contributed by atoms with Gasteiger partial charge in [0.1, 0.15) is 0 Å². The van der Waals surface area contributed by atoms with Crippen LogP contribution < -0.4 is 4.90 Å². The van der Waals surface area contributed by atoms with Gasteiger partial charge >= 0.3 is 6.01 Å². The number of aromatic nitrogens is 2. The third-order valence-corrected chi connectivity index (χ3v) is 5.01. The predicted octanol–water partition coefficient (Wildman–Crippen LogP) is 1.47. The van der Waals surface area contributed by atoms with Gasteiger partial charge in [-0.05, 0) is 12.1 Å². The van der Waals surface area contributed by atoms with Gasteiger partial charge in [-0.1, -0.05) is 28.9 Å². The summed E-state index contributed by atoms with van der Waals surface area (Å²) < 4.78 is 29.7. The molecule has 2 heterocycles. The number of rotatable bonds is 3. The summed E-state index contributed by atoms with van der Waals surface area (Å²) in [5, 5.41) is 4.55. The molecule has 3 rings (SSSR count). The second-order valence-electron chi connectivity index (χ2n) is 5.06. The normalized spacial score (nSPS) is 16.9. The van der Waals surface area contributed by atoms with Gasteiger partial charge in [-0.3, -0.25) is 0 Å². The zero-order chi connectivity index (χ0) is 15.7. The van der Waals surface area contributed by atoms with Crippen LogP contribution in [0.2, 0.25) is 5.02 Å². The van der Waals surface area contributed by atoms with Crippen LogP contribution in [0, 0.1) is 0 Å². The maximum atomic E-state index is 11.5. The van der Waals surface area contributed by atoms with Crippen LogP contribution >= 0.6 is 11.6 Å². The van der Waals surface area contributed by atoms with E-state index in [0.717, 1.165) is 5.56 Å². The zero-order valence-electron chi connectivity index (χ0n) is 11.9. The molecule has 1 aromatic heterocycles. The summed E-state index contributed by atoms with van der Waals surface area (Å²) in [5.74, 6) is 0.461. The predicted molar refractivity (Wildman–Crippen MR) is 83.4 cm³/mol. The van der Waals surface area contributed by atoms with Crippen molar-refractivity contribution in [3.05, 3.63) is 29.3 Å². The highest BCUT2D eigenvalue weighted by Crippen LogP contribution is 2.23. The first kappa shape index (κ1) is 15.3. The van der Waals surface area contributed by atoms with Crippen molar-refractivity contribution in [2.24, 2.45) is 0 Å². The van der Waals surface area contributed by atoms with Crippen molar-refractivity contribution in [2.45, 2.75) is 0 Å². The molecule has 0 amide bonds. The Bertz CT molecular complexity index is 769. The molecule has 0 saturated carbocycles. The van der Waals surface area contributed by atoms with E-state index in [4.69, 9.17) is 16.1 Å². The molecular formula is C13H15ClN4O3S. The van der Waals surface area contributed by atoms with Crippen LogP contribution in [0.3, 0.4) is 0 Å². The second-order valence-corrected chi connectivity index (χ2v) is 7.48. The topological polar surface area (TPSA) is 79.5 Å². The highest BCUT2D eigenvalue weighted by molar-refractivity contribution is 7.88. The third-order valence-electron chi connectivity index (χ3n) is 3.48. The second kappa shape index (κ2) is 5.86.